The molecule has 6 rings (SSSR count). The summed E-state index contributed by atoms with van der Waals surface area (Å²) >= 11 is 0. The summed E-state index contributed by atoms with van der Waals surface area (Å²) in [5.41, 5.74) is 4.48. The number of fused-ring (bicyclic) bond motifs is 4. The number of aryl methyl sites for hydroxylation is 1. The normalized spacial score (nSPS) is 11.3. The second kappa shape index (κ2) is 7.77. The van der Waals surface area contributed by atoms with E-state index >= 15 is 0 Å². The SMILES string of the molecule is CCn1c2ccccc2c2c(-n3cnnc3-c3[c-]cc4ccccc4c3)cccc21.[Ir]. The van der Waals surface area contributed by atoms with Gasteiger partial charge in [0.2, 0.25) is 0 Å². The van der Waals surface area contributed by atoms with Crippen LogP contribution in [0.5, 0.6) is 0 Å². The largest absolute Gasteiger partial charge is 0.341 e. The van der Waals surface area contributed by atoms with Crippen molar-refractivity contribution in [1.29, 1.82) is 0 Å². The molecule has 0 N–H and O–H groups in total. The Balaban J connectivity index is 0.00000204. The van der Waals surface area contributed by atoms with Gasteiger partial charge in [-0.2, -0.15) is 5.10 Å². The molecule has 0 spiro atoms. The summed E-state index contributed by atoms with van der Waals surface area (Å²) in [6.45, 7) is 3.10. The molecule has 0 amide bonds. The quantitative estimate of drug-likeness (QED) is 0.241. The van der Waals surface area contributed by atoms with Crippen molar-refractivity contribution in [3.8, 4) is 17.1 Å². The Morgan fingerprint density at radius 2 is 1.65 bits per heavy atom. The summed E-state index contributed by atoms with van der Waals surface area (Å²) in [5, 5.41) is 13.5. The monoisotopic (exact) mass is 580 g/mol. The summed E-state index contributed by atoms with van der Waals surface area (Å²) in [7, 11) is 0. The van der Waals surface area contributed by atoms with Crippen LogP contribution in [0.2, 0.25) is 0 Å². The molecule has 2 heterocycles. The van der Waals surface area contributed by atoms with Gasteiger partial charge in [0.1, 0.15) is 6.33 Å². The summed E-state index contributed by atoms with van der Waals surface area (Å²) in [5.74, 6) is 0.793. The third kappa shape index (κ3) is 3.01. The molecular weight excluding hydrogens is 561 g/mol. The smallest absolute Gasteiger partial charge is 0.114 e. The minimum Gasteiger partial charge on any atom is -0.341 e. The second-order valence-electron chi connectivity index (χ2n) is 7.43. The van der Waals surface area contributed by atoms with E-state index in [2.05, 4.69) is 99.1 Å². The molecule has 0 fully saturated rings. The second-order valence-corrected chi connectivity index (χ2v) is 7.43. The van der Waals surface area contributed by atoms with Gasteiger partial charge in [0.05, 0.1) is 11.3 Å². The minimum absolute atomic E-state index is 0. The molecule has 0 bridgehead atoms. The Kier molecular flexibility index (Phi) is 4.93. The summed E-state index contributed by atoms with van der Waals surface area (Å²) in [6, 6.07) is 30.9. The van der Waals surface area contributed by atoms with Crippen LogP contribution in [0.25, 0.3) is 49.7 Å². The molecule has 2 aromatic heterocycles. The van der Waals surface area contributed by atoms with Gasteiger partial charge in [-0.1, -0.05) is 53.9 Å². The van der Waals surface area contributed by atoms with E-state index in [9.17, 15) is 0 Å². The van der Waals surface area contributed by atoms with Crippen molar-refractivity contribution >= 4 is 32.6 Å². The average Bonchev–Trinajstić information content (AvgIpc) is 3.41. The first kappa shape index (κ1) is 19.7. The van der Waals surface area contributed by atoms with Crippen LogP contribution in [-0.2, 0) is 26.7 Å². The molecule has 31 heavy (non-hydrogen) atoms. The molecule has 5 heteroatoms. The predicted molar refractivity (Wildman–Crippen MR) is 122 cm³/mol. The van der Waals surface area contributed by atoms with Crippen LogP contribution in [0, 0.1) is 6.07 Å². The van der Waals surface area contributed by atoms with E-state index in [0.717, 1.165) is 23.6 Å². The van der Waals surface area contributed by atoms with Crippen molar-refractivity contribution in [3.05, 3.63) is 91.3 Å². The van der Waals surface area contributed by atoms with Gasteiger partial charge >= 0.3 is 0 Å². The van der Waals surface area contributed by atoms with Gasteiger partial charge in [-0.25, -0.2) is 0 Å². The van der Waals surface area contributed by atoms with E-state index < -0.39 is 0 Å². The fourth-order valence-electron chi connectivity index (χ4n) is 4.47. The van der Waals surface area contributed by atoms with Crippen molar-refractivity contribution in [3.63, 3.8) is 0 Å². The standard InChI is InChI=1S/C26H19N4.Ir/c1-2-29-22-11-6-5-10-21(22)25-23(29)12-7-13-24(25)30-17-27-28-26(30)20-15-14-18-8-3-4-9-19(18)16-20;/h3-14,16-17H,2H2,1H3;/q-1;. The molecule has 1 radical (unpaired) electrons. The van der Waals surface area contributed by atoms with Gasteiger partial charge < -0.3 is 9.13 Å². The van der Waals surface area contributed by atoms with E-state index in [1.165, 1.54) is 32.6 Å². The Morgan fingerprint density at radius 3 is 2.52 bits per heavy atom. The Bertz CT molecular complexity index is 1540. The third-order valence-electron chi connectivity index (χ3n) is 5.82. The first-order chi connectivity index (χ1) is 14.8. The summed E-state index contributed by atoms with van der Waals surface area (Å²) in [4.78, 5) is 0. The molecule has 0 aliphatic carbocycles. The average molecular weight is 580 g/mol. The van der Waals surface area contributed by atoms with Crippen LogP contribution in [0.4, 0.5) is 0 Å². The Labute approximate surface area is 193 Å². The number of benzene rings is 4. The Hall–Kier alpha value is -3.27. The van der Waals surface area contributed by atoms with Crippen LogP contribution < -0.4 is 0 Å². The molecular formula is C26H19IrN4-. The topological polar surface area (TPSA) is 35.6 Å². The summed E-state index contributed by atoms with van der Waals surface area (Å²) < 4.78 is 4.44. The van der Waals surface area contributed by atoms with Gasteiger partial charge in [0, 0.05) is 48.6 Å². The molecule has 153 valence electrons. The minimum atomic E-state index is 0. The van der Waals surface area contributed by atoms with Crippen molar-refractivity contribution in [2.45, 2.75) is 13.5 Å². The maximum Gasteiger partial charge on any atom is 0.114 e. The number of hydrogen-bond acceptors (Lipinski definition) is 2. The fourth-order valence-corrected chi connectivity index (χ4v) is 4.47. The number of aromatic nitrogens is 4. The Morgan fingerprint density at radius 1 is 0.871 bits per heavy atom. The van der Waals surface area contributed by atoms with Crippen LogP contribution >= 0.6 is 0 Å². The molecule has 4 nitrogen and oxygen atoms in total. The summed E-state index contributed by atoms with van der Waals surface area (Å²) in [6.07, 6.45) is 1.80. The van der Waals surface area contributed by atoms with Crippen LogP contribution in [0.15, 0.2) is 85.2 Å². The van der Waals surface area contributed by atoms with E-state index in [4.69, 9.17) is 0 Å². The zero-order chi connectivity index (χ0) is 20.1. The molecule has 4 aromatic carbocycles. The van der Waals surface area contributed by atoms with Crippen molar-refractivity contribution in [2.75, 3.05) is 0 Å². The molecule has 6 aromatic rings. The molecule has 0 atom stereocenters. The van der Waals surface area contributed by atoms with Crippen molar-refractivity contribution in [1.82, 2.24) is 19.3 Å². The van der Waals surface area contributed by atoms with Crippen LogP contribution in [0.3, 0.4) is 0 Å². The predicted octanol–water partition coefficient (Wildman–Crippen LogP) is 6.01. The number of rotatable bonds is 3. The zero-order valence-corrected chi connectivity index (χ0v) is 19.3. The molecule has 0 aliphatic rings. The molecule has 0 saturated carbocycles. The van der Waals surface area contributed by atoms with Gasteiger partial charge in [0.25, 0.3) is 0 Å². The first-order valence-corrected chi connectivity index (χ1v) is 10.2. The third-order valence-corrected chi connectivity index (χ3v) is 5.82. The molecule has 0 aliphatic heterocycles. The van der Waals surface area contributed by atoms with E-state index in [1.807, 2.05) is 12.1 Å². The van der Waals surface area contributed by atoms with Gasteiger partial charge in [-0.3, -0.25) is 0 Å². The maximum absolute atomic E-state index is 4.46. The van der Waals surface area contributed by atoms with Crippen molar-refractivity contribution < 1.29 is 20.1 Å². The van der Waals surface area contributed by atoms with Gasteiger partial charge in [0.15, 0.2) is 0 Å². The number of nitrogens with zero attached hydrogens (tertiary/aromatic N) is 4. The van der Waals surface area contributed by atoms with E-state index in [-0.39, 0.29) is 20.1 Å². The van der Waals surface area contributed by atoms with E-state index in [0.29, 0.717) is 0 Å². The first-order valence-electron chi connectivity index (χ1n) is 10.2. The molecule has 0 saturated heterocycles. The van der Waals surface area contributed by atoms with Crippen molar-refractivity contribution in [2.24, 2.45) is 0 Å². The van der Waals surface area contributed by atoms with Crippen LogP contribution in [-0.4, -0.2) is 19.3 Å². The van der Waals surface area contributed by atoms with Gasteiger partial charge in [-0.05, 0) is 25.1 Å². The maximum atomic E-state index is 4.46. The fraction of sp³-hybridized carbons (Fsp3) is 0.0769. The van der Waals surface area contributed by atoms with Gasteiger partial charge in [-0.15, -0.1) is 34.2 Å². The van der Waals surface area contributed by atoms with Crippen LogP contribution in [0.1, 0.15) is 6.92 Å². The molecule has 0 unspecified atom stereocenters. The number of hydrogen-bond donors (Lipinski definition) is 0. The number of para-hydroxylation sites is 1. The van der Waals surface area contributed by atoms with E-state index in [1.54, 1.807) is 6.33 Å². The zero-order valence-electron chi connectivity index (χ0n) is 16.9.